The Kier molecular flexibility index (Phi) is 5.75. The molecule has 0 aliphatic carbocycles. The maximum absolute atomic E-state index is 12.8. The van der Waals surface area contributed by atoms with E-state index in [1.165, 1.54) is 31.2 Å². The monoisotopic (exact) mass is 440 g/mol. The number of carbonyl (C=O) groups excluding carboxylic acids is 1. The number of anilines is 1. The molecule has 1 amide bonds. The molecule has 0 unspecified atom stereocenters. The molecule has 0 saturated carbocycles. The first-order chi connectivity index (χ1) is 11.3. The van der Waals surface area contributed by atoms with Gasteiger partial charge in [-0.25, -0.2) is 4.39 Å². The first-order valence-corrected chi connectivity index (χ1v) is 8.01. The molecule has 0 radical (unpaired) electrons. The number of nitrogens with one attached hydrogen (secondary N) is 1. The Labute approximate surface area is 152 Å². The van der Waals surface area contributed by atoms with Crippen LogP contribution in [-0.2, 0) is 4.79 Å². The average Bonchev–Trinajstić information content (AvgIpc) is 2.54. The minimum Gasteiger partial charge on any atom is -0.490 e. The highest BCUT2D eigenvalue weighted by Gasteiger charge is 2.31. The van der Waals surface area contributed by atoms with Crippen molar-refractivity contribution in [2.24, 2.45) is 0 Å². The second kappa shape index (κ2) is 7.59. The summed E-state index contributed by atoms with van der Waals surface area (Å²) in [5.41, 5.74) is -0.821. The lowest BCUT2D eigenvalue weighted by Crippen LogP contribution is -2.45. The van der Waals surface area contributed by atoms with Gasteiger partial charge in [0.05, 0.1) is 5.56 Å². The molecule has 124 valence electrons. The Morgan fingerprint density at radius 1 is 1.38 bits per heavy atom. The fourth-order valence-electron chi connectivity index (χ4n) is 1.77. The second-order valence-electron chi connectivity index (χ2n) is 5.28. The summed E-state index contributed by atoms with van der Waals surface area (Å²) in [6, 6.07) is 12.1. The van der Waals surface area contributed by atoms with E-state index in [0.29, 0.717) is 20.6 Å². The summed E-state index contributed by atoms with van der Waals surface area (Å²) < 4.78 is 18.8. The number of halogens is 2. The molecule has 0 spiro atoms. The van der Waals surface area contributed by atoms with Crippen LogP contribution >= 0.6 is 22.6 Å². The molecular weight excluding hydrogens is 426 g/mol. The smallest absolute Gasteiger partial charge is 0.259 e. The quantitative estimate of drug-likeness (QED) is 0.701. The molecule has 0 aromatic heterocycles. The molecule has 0 saturated heterocycles. The molecule has 0 fully saturated rings. The number of hydrogen-bond donors (Lipinski definition) is 2. The molecule has 2 N–H and O–H groups in total. The molecule has 0 aliphatic rings. The zero-order valence-corrected chi connectivity index (χ0v) is 14.9. The van der Waals surface area contributed by atoms with E-state index in [4.69, 9.17) is 10.00 Å². The van der Waals surface area contributed by atoms with Crippen LogP contribution in [0.5, 0.6) is 5.75 Å². The van der Waals surface area contributed by atoms with Gasteiger partial charge < -0.3 is 15.2 Å². The molecular formula is C17H14FIN2O3. The zero-order chi connectivity index (χ0) is 17.7. The van der Waals surface area contributed by atoms with E-state index >= 15 is 0 Å². The Hall–Kier alpha value is -2.18. The van der Waals surface area contributed by atoms with Gasteiger partial charge in [-0.15, -0.1) is 0 Å². The number of amides is 1. The van der Waals surface area contributed by atoms with Crippen molar-refractivity contribution >= 4 is 34.2 Å². The lowest BCUT2D eigenvalue weighted by Gasteiger charge is -2.22. The summed E-state index contributed by atoms with van der Waals surface area (Å²) in [5, 5.41) is 21.7. The topological polar surface area (TPSA) is 82.3 Å². The zero-order valence-electron chi connectivity index (χ0n) is 12.7. The Morgan fingerprint density at radius 2 is 2.04 bits per heavy atom. The third kappa shape index (κ3) is 4.66. The summed E-state index contributed by atoms with van der Waals surface area (Å²) in [5.74, 6) is -0.704. The summed E-state index contributed by atoms with van der Waals surface area (Å²) in [4.78, 5) is 12.2. The van der Waals surface area contributed by atoms with E-state index in [2.05, 4.69) is 5.32 Å². The number of nitrogens with zero attached hydrogens (tertiary/aromatic N) is 1. The normalized spacial score (nSPS) is 12.8. The SMILES string of the molecule is C[C@](O)(COc1ccc(F)cc1)C(=O)Nc1ccc(C#N)c(I)c1. The van der Waals surface area contributed by atoms with Crippen molar-refractivity contribution in [3.63, 3.8) is 0 Å². The molecule has 0 heterocycles. The molecule has 1 atom stereocenters. The van der Waals surface area contributed by atoms with Crippen molar-refractivity contribution < 1.29 is 19.0 Å². The van der Waals surface area contributed by atoms with Crippen LogP contribution in [0.15, 0.2) is 42.5 Å². The van der Waals surface area contributed by atoms with Crippen LogP contribution in [0.25, 0.3) is 0 Å². The highest BCUT2D eigenvalue weighted by Crippen LogP contribution is 2.19. The maximum Gasteiger partial charge on any atom is 0.259 e. The van der Waals surface area contributed by atoms with Crippen molar-refractivity contribution in [2.45, 2.75) is 12.5 Å². The number of aliphatic hydroxyl groups is 1. The fourth-order valence-corrected chi connectivity index (χ4v) is 2.41. The molecule has 5 nitrogen and oxygen atoms in total. The largest absolute Gasteiger partial charge is 0.490 e. The van der Waals surface area contributed by atoms with Gasteiger partial charge in [0, 0.05) is 9.26 Å². The van der Waals surface area contributed by atoms with Gasteiger partial charge in [0.15, 0.2) is 5.60 Å². The molecule has 2 aromatic rings. The number of carbonyl (C=O) groups is 1. The molecule has 2 aromatic carbocycles. The predicted molar refractivity (Wildman–Crippen MR) is 95.0 cm³/mol. The van der Waals surface area contributed by atoms with Gasteiger partial charge in [-0.2, -0.15) is 5.26 Å². The average molecular weight is 440 g/mol. The predicted octanol–water partition coefficient (Wildman–Crippen LogP) is 3.07. The highest BCUT2D eigenvalue weighted by atomic mass is 127. The van der Waals surface area contributed by atoms with Crippen molar-refractivity contribution in [2.75, 3.05) is 11.9 Å². The molecule has 2 rings (SSSR count). The molecule has 7 heteroatoms. The van der Waals surface area contributed by atoms with Crippen LogP contribution in [-0.4, -0.2) is 23.2 Å². The van der Waals surface area contributed by atoms with Crippen LogP contribution in [0.1, 0.15) is 12.5 Å². The van der Waals surface area contributed by atoms with Crippen molar-refractivity contribution in [1.82, 2.24) is 0 Å². The van der Waals surface area contributed by atoms with Gasteiger partial charge in [0.1, 0.15) is 24.2 Å². The van der Waals surface area contributed by atoms with Crippen LogP contribution in [0.4, 0.5) is 10.1 Å². The Bertz CT molecular complexity index is 785. The van der Waals surface area contributed by atoms with E-state index in [0.717, 1.165) is 0 Å². The fraction of sp³-hybridized carbons (Fsp3) is 0.176. The maximum atomic E-state index is 12.8. The van der Waals surface area contributed by atoms with Gasteiger partial charge in [-0.3, -0.25) is 4.79 Å². The number of benzene rings is 2. The lowest BCUT2D eigenvalue weighted by atomic mass is 10.1. The van der Waals surface area contributed by atoms with E-state index in [9.17, 15) is 14.3 Å². The minimum atomic E-state index is -1.78. The van der Waals surface area contributed by atoms with Gasteiger partial charge in [0.2, 0.25) is 0 Å². The van der Waals surface area contributed by atoms with Gasteiger partial charge in [-0.1, -0.05) is 0 Å². The number of rotatable bonds is 5. The first-order valence-electron chi connectivity index (χ1n) is 6.94. The van der Waals surface area contributed by atoms with Gasteiger partial charge >= 0.3 is 0 Å². The van der Waals surface area contributed by atoms with Crippen molar-refractivity contribution in [1.29, 1.82) is 5.26 Å². The summed E-state index contributed by atoms with van der Waals surface area (Å²) >= 11 is 1.99. The molecule has 0 aliphatic heterocycles. The number of ether oxygens (including phenoxy) is 1. The Balaban J connectivity index is 2.00. The van der Waals surface area contributed by atoms with Gasteiger partial charge in [0.25, 0.3) is 5.91 Å². The minimum absolute atomic E-state index is 0.294. The third-order valence-electron chi connectivity index (χ3n) is 3.17. The van der Waals surface area contributed by atoms with E-state index in [-0.39, 0.29) is 6.61 Å². The van der Waals surface area contributed by atoms with E-state index in [1.54, 1.807) is 18.2 Å². The first kappa shape index (κ1) is 18.2. The molecule has 24 heavy (non-hydrogen) atoms. The Morgan fingerprint density at radius 3 is 2.62 bits per heavy atom. The van der Waals surface area contributed by atoms with Crippen LogP contribution < -0.4 is 10.1 Å². The molecule has 0 bridgehead atoms. The lowest BCUT2D eigenvalue weighted by molar-refractivity contribution is -0.135. The number of nitriles is 1. The van der Waals surface area contributed by atoms with Crippen LogP contribution in [0.3, 0.4) is 0 Å². The van der Waals surface area contributed by atoms with Crippen LogP contribution in [0, 0.1) is 20.7 Å². The number of hydrogen-bond acceptors (Lipinski definition) is 4. The second-order valence-corrected chi connectivity index (χ2v) is 6.44. The van der Waals surface area contributed by atoms with E-state index in [1.807, 2.05) is 28.7 Å². The third-order valence-corrected chi connectivity index (χ3v) is 4.06. The summed E-state index contributed by atoms with van der Waals surface area (Å²) in [6.07, 6.45) is 0. The van der Waals surface area contributed by atoms with Crippen molar-refractivity contribution in [3.8, 4) is 11.8 Å². The standard InChI is InChI=1S/C17H14FIN2O3/c1-17(23,10-24-14-6-3-12(18)4-7-14)16(22)21-13-5-2-11(9-20)15(19)8-13/h2-8,23H,10H2,1H3,(H,21,22)/t17-/m0/s1. The van der Waals surface area contributed by atoms with Crippen LogP contribution in [0.2, 0.25) is 0 Å². The summed E-state index contributed by atoms with van der Waals surface area (Å²) in [6.45, 7) is 1.03. The highest BCUT2D eigenvalue weighted by molar-refractivity contribution is 14.1. The van der Waals surface area contributed by atoms with E-state index < -0.39 is 17.3 Å². The summed E-state index contributed by atoms with van der Waals surface area (Å²) in [7, 11) is 0. The van der Waals surface area contributed by atoms with Crippen molar-refractivity contribution in [3.05, 3.63) is 57.4 Å². The van der Waals surface area contributed by atoms with Gasteiger partial charge in [-0.05, 0) is 72.0 Å².